The Morgan fingerprint density at radius 1 is 0.471 bits per heavy atom. The Balaban J connectivity index is 1.77. The third kappa shape index (κ3) is 1.25. The molecule has 0 N–H and O–H groups in total. The molecule has 4 aliphatic carbocycles. The van der Waals surface area contributed by atoms with Gasteiger partial charge in [-0.1, -0.05) is 32.1 Å². The van der Waals surface area contributed by atoms with Gasteiger partial charge >= 0.3 is 0 Å². The van der Waals surface area contributed by atoms with Gasteiger partial charge in [0.1, 0.15) is 0 Å². The lowest BCUT2D eigenvalue weighted by Crippen LogP contribution is -2.53. The lowest BCUT2D eigenvalue weighted by atomic mass is 9.43. The van der Waals surface area contributed by atoms with Gasteiger partial charge in [0.2, 0.25) is 0 Å². The number of hydrogen-bond donors (Lipinski definition) is 0. The quantitative estimate of drug-likeness (QED) is 0.530. The van der Waals surface area contributed by atoms with Gasteiger partial charge in [-0.15, -0.1) is 0 Å². The summed E-state index contributed by atoms with van der Waals surface area (Å²) >= 11 is 0. The first-order valence-corrected chi connectivity index (χ1v) is 8.37. The summed E-state index contributed by atoms with van der Waals surface area (Å²) in [6, 6.07) is 0. The summed E-state index contributed by atoms with van der Waals surface area (Å²) in [4.78, 5) is 0. The highest BCUT2D eigenvalue weighted by Gasteiger charge is 2.63. The molecule has 4 aliphatic rings. The third-order valence-corrected chi connectivity index (χ3v) is 7.51. The van der Waals surface area contributed by atoms with Crippen LogP contribution in [0.2, 0.25) is 0 Å². The van der Waals surface area contributed by atoms with Gasteiger partial charge in [0.05, 0.1) is 0 Å². The average molecular weight is 232 g/mol. The predicted octanol–water partition coefficient (Wildman–Crippen LogP) is 5.32. The monoisotopic (exact) mass is 232 g/mol. The van der Waals surface area contributed by atoms with Crippen molar-refractivity contribution in [2.45, 2.75) is 83.5 Å². The van der Waals surface area contributed by atoms with Crippen molar-refractivity contribution in [3.05, 3.63) is 0 Å². The maximum atomic E-state index is 1.62. The molecule has 96 valence electrons. The highest BCUT2D eigenvalue weighted by Crippen LogP contribution is 2.72. The highest BCUT2D eigenvalue weighted by atomic mass is 14.7. The van der Waals surface area contributed by atoms with Gasteiger partial charge in [-0.05, 0) is 74.0 Å². The summed E-state index contributed by atoms with van der Waals surface area (Å²) in [5.41, 5.74) is 1.71. The lowest BCUT2D eigenvalue weighted by molar-refractivity contribution is -0.126. The number of rotatable bonds is 0. The van der Waals surface area contributed by atoms with Crippen LogP contribution in [0.4, 0.5) is 0 Å². The fraction of sp³-hybridized carbons (Fsp3) is 1.00. The van der Waals surface area contributed by atoms with Crippen molar-refractivity contribution in [2.75, 3.05) is 0 Å². The normalized spacial score (nSPS) is 53.6. The van der Waals surface area contributed by atoms with Crippen molar-refractivity contribution in [1.82, 2.24) is 0 Å². The zero-order valence-corrected chi connectivity index (χ0v) is 11.3. The van der Waals surface area contributed by atoms with Crippen LogP contribution in [-0.4, -0.2) is 0 Å². The van der Waals surface area contributed by atoms with Gasteiger partial charge in [0.25, 0.3) is 0 Å². The maximum Gasteiger partial charge on any atom is -0.0210 e. The van der Waals surface area contributed by atoms with Crippen molar-refractivity contribution in [1.29, 1.82) is 0 Å². The molecule has 0 aromatic carbocycles. The minimum Gasteiger partial charge on any atom is -0.0530 e. The van der Waals surface area contributed by atoms with E-state index in [0.717, 1.165) is 22.7 Å². The van der Waals surface area contributed by atoms with Crippen LogP contribution in [0.5, 0.6) is 0 Å². The maximum absolute atomic E-state index is 1.62. The zero-order chi connectivity index (χ0) is 11.3. The molecule has 0 bridgehead atoms. The van der Waals surface area contributed by atoms with Crippen molar-refractivity contribution in [3.63, 3.8) is 0 Å². The van der Waals surface area contributed by atoms with Crippen molar-refractivity contribution in [3.8, 4) is 0 Å². The van der Waals surface area contributed by atoms with Gasteiger partial charge in [-0.2, -0.15) is 0 Å². The SMILES string of the molecule is C1CCC23CCCC24CCCCC4CCC3C1. The molecule has 17 heavy (non-hydrogen) atoms. The average Bonchev–Trinajstić information content (AvgIpc) is 2.74. The first kappa shape index (κ1) is 10.9. The van der Waals surface area contributed by atoms with Crippen molar-refractivity contribution in [2.24, 2.45) is 22.7 Å². The first-order valence-electron chi connectivity index (χ1n) is 8.37. The molecule has 0 nitrogen and oxygen atoms in total. The second-order valence-corrected chi connectivity index (χ2v) is 7.63. The van der Waals surface area contributed by atoms with E-state index in [1.54, 1.807) is 83.5 Å². The van der Waals surface area contributed by atoms with Crippen LogP contribution in [0.25, 0.3) is 0 Å². The molecule has 4 unspecified atom stereocenters. The summed E-state index contributed by atoms with van der Waals surface area (Å²) in [5.74, 6) is 2.29. The van der Waals surface area contributed by atoms with Crippen LogP contribution < -0.4 is 0 Å². The minimum absolute atomic E-state index is 0.856. The van der Waals surface area contributed by atoms with Gasteiger partial charge < -0.3 is 0 Å². The zero-order valence-electron chi connectivity index (χ0n) is 11.3. The standard InChI is InChI=1S/C17H28/c1-3-10-16-12-5-13-17(16)11-4-2-7-15(17)9-8-14(16)6-1/h14-15H,1-13H2. The van der Waals surface area contributed by atoms with Gasteiger partial charge in [0, 0.05) is 0 Å². The summed E-state index contributed by atoms with van der Waals surface area (Å²) < 4.78 is 0. The van der Waals surface area contributed by atoms with E-state index in [1.165, 1.54) is 0 Å². The predicted molar refractivity (Wildman–Crippen MR) is 71.9 cm³/mol. The van der Waals surface area contributed by atoms with Crippen LogP contribution in [0.3, 0.4) is 0 Å². The molecule has 0 saturated heterocycles. The van der Waals surface area contributed by atoms with E-state index >= 15 is 0 Å². The van der Waals surface area contributed by atoms with Gasteiger partial charge in [0.15, 0.2) is 0 Å². The summed E-state index contributed by atoms with van der Waals surface area (Å²) in [5, 5.41) is 0. The fourth-order valence-electron chi connectivity index (χ4n) is 7.05. The molecule has 0 radical (unpaired) electrons. The Morgan fingerprint density at radius 3 is 1.47 bits per heavy atom. The molecular weight excluding hydrogens is 204 g/mol. The van der Waals surface area contributed by atoms with Crippen LogP contribution in [0.1, 0.15) is 83.5 Å². The molecular formula is C17H28. The summed E-state index contributed by atoms with van der Waals surface area (Å²) in [6.45, 7) is 0. The summed E-state index contributed by atoms with van der Waals surface area (Å²) in [7, 11) is 0. The second-order valence-electron chi connectivity index (χ2n) is 7.63. The van der Waals surface area contributed by atoms with E-state index in [-0.39, 0.29) is 0 Å². The fourth-order valence-corrected chi connectivity index (χ4v) is 7.05. The van der Waals surface area contributed by atoms with E-state index < -0.39 is 0 Å². The molecule has 4 atom stereocenters. The Bertz CT molecular complexity index is 277. The Labute approximate surface area is 107 Å². The number of hydrogen-bond acceptors (Lipinski definition) is 0. The first-order chi connectivity index (χ1) is 8.37. The topological polar surface area (TPSA) is 0 Å². The van der Waals surface area contributed by atoms with Crippen LogP contribution in [-0.2, 0) is 0 Å². The molecule has 0 amide bonds. The molecule has 0 aliphatic heterocycles. The molecule has 2 spiro atoms. The molecule has 0 heterocycles. The Kier molecular flexibility index (Phi) is 2.40. The van der Waals surface area contributed by atoms with Crippen LogP contribution in [0.15, 0.2) is 0 Å². The molecule has 4 fully saturated rings. The smallest absolute Gasteiger partial charge is 0.0210 e. The highest BCUT2D eigenvalue weighted by molar-refractivity contribution is 5.12. The summed E-state index contributed by atoms with van der Waals surface area (Å²) in [6.07, 6.45) is 20.7. The van der Waals surface area contributed by atoms with Crippen molar-refractivity contribution >= 4 is 0 Å². The molecule has 0 heteroatoms. The molecule has 4 saturated carbocycles. The van der Waals surface area contributed by atoms with Crippen LogP contribution >= 0.6 is 0 Å². The van der Waals surface area contributed by atoms with E-state index in [0.29, 0.717) is 0 Å². The minimum atomic E-state index is 0.856. The van der Waals surface area contributed by atoms with Crippen molar-refractivity contribution < 1.29 is 0 Å². The molecule has 4 rings (SSSR count). The Morgan fingerprint density at radius 2 is 0.941 bits per heavy atom. The van der Waals surface area contributed by atoms with Gasteiger partial charge in [-0.25, -0.2) is 0 Å². The second kappa shape index (κ2) is 3.75. The lowest BCUT2D eigenvalue weighted by Gasteiger charge is -2.62. The van der Waals surface area contributed by atoms with E-state index in [2.05, 4.69) is 0 Å². The largest absolute Gasteiger partial charge is 0.0530 e. The Hall–Kier alpha value is 0. The van der Waals surface area contributed by atoms with E-state index in [9.17, 15) is 0 Å². The van der Waals surface area contributed by atoms with Gasteiger partial charge in [-0.3, -0.25) is 0 Å². The van der Waals surface area contributed by atoms with Crippen LogP contribution in [0, 0.1) is 22.7 Å². The van der Waals surface area contributed by atoms with E-state index in [1.807, 2.05) is 0 Å². The molecule has 0 aromatic heterocycles. The molecule has 0 aromatic rings. The van der Waals surface area contributed by atoms with E-state index in [4.69, 9.17) is 0 Å². The third-order valence-electron chi connectivity index (χ3n) is 7.51.